The van der Waals surface area contributed by atoms with Crippen molar-refractivity contribution in [2.24, 2.45) is 5.92 Å². The van der Waals surface area contributed by atoms with Crippen molar-refractivity contribution in [1.29, 1.82) is 0 Å². The number of imide groups is 1. The highest BCUT2D eigenvalue weighted by atomic mass is 16.5. The number of carbonyl (C=O) groups excluding carboxylic acids is 4. The molecule has 0 spiro atoms. The molecule has 0 saturated heterocycles. The van der Waals surface area contributed by atoms with Gasteiger partial charge in [-0.05, 0) is 41.8 Å². The fourth-order valence-corrected chi connectivity index (χ4v) is 4.11. The Bertz CT molecular complexity index is 1310. The number of carboxylic acids is 1. The molecule has 1 unspecified atom stereocenters. The van der Waals surface area contributed by atoms with E-state index < -0.39 is 29.7 Å². The molecule has 182 valence electrons. The number of ketones is 1. The van der Waals surface area contributed by atoms with Crippen molar-refractivity contribution < 1.29 is 33.8 Å². The summed E-state index contributed by atoms with van der Waals surface area (Å²) in [6.45, 7) is 1.24. The van der Waals surface area contributed by atoms with Crippen molar-refractivity contribution in [3.63, 3.8) is 0 Å². The summed E-state index contributed by atoms with van der Waals surface area (Å²) in [5.41, 5.74) is 2.65. The zero-order valence-corrected chi connectivity index (χ0v) is 19.5. The number of carboxylic acid groups (broad SMARTS) is 1. The predicted molar refractivity (Wildman–Crippen MR) is 130 cm³/mol. The minimum atomic E-state index is -1.16. The van der Waals surface area contributed by atoms with E-state index in [1.165, 1.54) is 6.92 Å². The highest BCUT2D eigenvalue weighted by Crippen LogP contribution is 2.26. The first kappa shape index (κ1) is 24.5. The van der Waals surface area contributed by atoms with Crippen molar-refractivity contribution in [2.75, 3.05) is 6.54 Å². The average Bonchev–Trinajstić information content (AvgIpc) is 3.11. The van der Waals surface area contributed by atoms with Crippen LogP contribution in [0, 0.1) is 5.92 Å². The number of fused-ring (bicyclic) bond motifs is 1. The summed E-state index contributed by atoms with van der Waals surface area (Å²) >= 11 is 0. The average molecular weight is 485 g/mol. The molecule has 0 aliphatic carbocycles. The lowest BCUT2D eigenvalue weighted by Crippen LogP contribution is -2.33. The zero-order valence-electron chi connectivity index (χ0n) is 19.5. The van der Waals surface area contributed by atoms with Gasteiger partial charge < -0.3 is 9.84 Å². The molecule has 0 saturated carbocycles. The Morgan fingerprint density at radius 3 is 1.86 bits per heavy atom. The summed E-state index contributed by atoms with van der Waals surface area (Å²) in [6, 6.07) is 20.1. The first-order chi connectivity index (χ1) is 17.2. The number of hydrogen-bond donors (Lipinski definition) is 1. The molecule has 4 rings (SSSR count). The molecule has 0 radical (unpaired) electrons. The summed E-state index contributed by atoms with van der Waals surface area (Å²) in [7, 11) is 0. The van der Waals surface area contributed by atoms with Crippen molar-refractivity contribution in [3.05, 3.63) is 89.5 Å². The van der Waals surface area contributed by atoms with E-state index in [2.05, 4.69) is 0 Å². The monoisotopic (exact) mass is 485 g/mol. The molecule has 1 atom stereocenters. The standard InChI is InChI=1S/C28H23NO7/c1-17(30)36-22-12-10-19(11-13-22)18-6-8-20(9-7-18)25(31)16-21(28(34)35)14-15-29-26(32)23-4-2-3-5-24(23)27(29)33/h2-13,21H,14-16H2,1H3,(H,34,35). The van der Waals surface area contributed by atoms with E-state index >= 15 is 0 Å². The van der Waals surface area contributed by atoms with Crippen molar-refractivity contribution in [2.45, 2.75) is 19.8 Å². The van der Waals surface area contributed by atoms with Crippen LogP contribution in [0.3, 0.4) is 0 Å². The number of esters is 1. The lowest BCUT2D eigenvalue weighted by molar-refractivity contribution is -0.142. The van der Waals surface area contributed by atoms with E-state index in [1.807, 2.05) is 0 Å². The van der Waals surface area contributed by atoms with Crippen LogP contribution in [0.5, 0.6) is 5.75 Å². The Hall–Kier alpha value is -4.59. The Morgan fingerprint density at radius 2 is 1.36 bits per heavy atom. The Kier molecular flexibility index (Phi) is 7.05. The Morgan fingerprint density at radius 1 is 0.833 bits per heavy atom. The maximum atomic E-state index is 12.8. The first-order valence-electron chi connectivity index (χ1n) is 11.3. The van der Waals surface area contributed by atoms with Crippen LogP contribution < -0.4 is 4.74 Å². The molecule has 1 aliphatic heterocycles. The number of nitrogens with zero attached hydrogens (tertiary/aromatic N) is 1. The third-order valence-corrected chi connectivity index (χ3v) is 6.02. The van der Waals surface area contributed by atoms with Crippen molar-refractivity contribution in [1.82, 2.24) is 4.90 Å². The van der Waals surface area contributed by atoms with Gasteiger partial charge in [-0.25, -0.2) is 0 Å². The van der Waals surface area contributed by atoms with Crippen LogP contribution in [0.25, 0.3) is 11.1 Å². The molecule has 0 bridgehead atoms. The summed E-state index contributed by atoms with van der Waals surface area (Å²) in [4.78, 5) is 61.7. The molecule has 2 amide bonds. The van der Waals surface area contributed by atoms with Gasteiger partial charge in [0, 0.05) is 25.5 Å². The second-order valence-electron chi connectivity index (χ2n) is 8.45. The fraction of sp³-hybridized carbons (Fsp3) is 0.179. The van der Waals surface area contributed by atoms with Gasteiger partial charge in [0.05, 0.1) is 17.0 Å². The molecule has 3 aromatic rings. The van der Waals surface area contributed by atoms with Crippen LogP contribution in [0.15, 0.2) is 72.8 Å². The third kappa shape index (κ3) is 5.22. The number of aliphatic carboxylic acids is 1. The highest BCUT2D eigenvalue weighted by molar-refractivity contribution is 6.21. The number of amides is 2. The van der Waals surface area contributed by atoms with E-state index in [0.29, 0.717) is 22.4 Å². The van der Waals surface area contributed by atoms with Gasteiger partial charge in [0.1, 0.15) is 5.75 Å². The van der Waals surface area contributed by atoms with E-state index in [0.717, 1.165) is 16.0 Å². The SMILES string of the molecule is CC(=O)Oc1ccc(-c2ccc(C(=O)CC(CCN3C(=O)c4ccccc4C3=O)C(=O)O)cc2)cc1. The van der Waals surface area contributed by atoms with Gasteiger partial charge in [-0.2, -0.15) is 0 Å². The lowest BCUT2D eigenvalue weighted by atomic mass is 9.94. The Balaban J connectivity index is 1.38. The summed E-state index contributed by atoms with van der Waals surface area (Å²) < 4.78 is 5.02. The normalized spacial score (nSPS) is 13.3. The molecule has 1 aliphatic rings. The molecule has 8 nitrogen and oxygen atoms in total. The lowest BCUT2D eigenvalue weighted by Gasteiger charge is -2.17. The molecule has 1 heterocycles. The highest BCUT2D eigenvalue weighted by Gasteiger charge is 2.36. The fourth-order valence-electron chi connectivity index (χ4n) is 4.11. The van der Waals surface area contributed by atoms with Gasteiger partial charge in [-0.3, -0.25) is 28.9 Å². The Labute approximate surface area is 207 Å². The van der Waals surface area contributed by atoms with Crippen molar-refractivity contribution in [3.8, 4) is 16.9 Å². The minimum Gasteiger partial charge on any atom is -0.481 e. The zero-order chi connectivity index (χ0) is 25.8. The number of rotatable bonds is 9. The van der Waals surface area contributed by atoms with Crippen LogP contribution >= 0.6 is 0 Å². The van der Waals surface area contributed by atoms with Crippen molar-refractivity contribution >= 4 is 29.5 Å². The molecular formula is C28H23NO7. The summed E-state index contributed by atoms with van der Waals surface area (Å²) in [5, 5.41) is 9.65. The quantitative estimate of drug-likeness (QED) is 0.208. The van der Waals surface area contributed by atoms with E-state index in [9.17, 15) is 29.1 Å². The maximum Gasteiger partial charge on any atom is 0.308 e. The summed E-state index contributed by atoms with van der Waals surface area (Å²) in [6.07, 6.45) is -0.283. The molecule has 3 aromatic carbocycles. The number of Topliss-reactive ketones (excluding diaryl/α,β-unsaturated/α-hetero) is 1. The molecule has 0 aromatic heterocycles. The second kappa shape index (κ2) is 10.4. The number of ether oxygens (including phenoxy) is 1. The van der Waals surface area contributed by atoms with Gasteiger partial charge in [-0.1, -0.05) is 48.5 Å². The number of hydrogen-bond acceptors (Lipinski definition) is 6. The third-order valence-electron chi connectivity index (χ3n) is 6.02. The molecule has 0 fully saturated rings. The van der Waals surface area contributed by atoms with Gasteiger partial charge in [-0.15, -0.1) is 0 Å². The maximum absolute atomic E-state index is 12.8. The van der Waals surface area contributed by atoms with Crippen LogP contribution in [0.4, 0.5) is 0 Å². The van der Waals surface area contributed by atoms with Gasteiger partial charge in [0.15, 0.2) is 5.78 Å². The second-order valence-corrected chi connectivity index (χ2v) is 8.45. The molecule has 1 N–H and O–H groups in total. The van der Waals surface area contributed by atoms with Crippen LogP contribution in [-0.4, -0.2) is 46.1 Å². The van der Waals surface area contributed by atoms with Gasteiger partial charge in [0.25, 0.3) is 11.8 Å². The molecule has 8 heteroatoms. The number of carbonyl (C=O) groups is 5. The van der Waals surface area contributed by atoms with E-state index in [1.54, 1.807) is 72.8 Å². The van der Waals surface area contributed by atoms with Crippen LogP contribution in [0.2, 0.25) is 0 Å². The van der Waals surface area contributed by atoms with Crippen LogP contribution in [0.1, 0.15) is 50.8 Å². The smallest absolute Gasteiger partial charge is 0.308 e. The van der Waals surface area contributed by atoms with Gasteiger partial charge >= 0.3 is 11.9 Å². The number of benzene rings is 3. The van der Waals surface area contributed by atoms with E-state index in [-0.39, 0.29) is 25.2 Å². The summed E-state index contributed by atoms with van der Waals surface area (Å²) in [5.74, 6) is -3.45. The minimum absolute atomic E-state index is 0.0285. The molecule has 36 heavy (non-hydrogen) atoms. The van der Waals surface area contributed by atoms with E-state index in [4.69, 9.17) is 4.74 Å². The molecular weight excluding hydrogens is 462 g/mol. The first-order valence-corrected chi connectivity index (χ1v) is 11.3. The van der Waals surface area contributed by atoms with Gasteiger partial charge in [0.2, 0.25) is 0 Å². The predicted octanol–water partition coefficient (Wildman–Crippen LogP) is 4.24. The largest absolute Gasteiger partial charge is 0.481 e. The van der Waals surface area contributed by atoms with Crippen LogP contribution in [-0.2, 0) is 9.59 Å². The topological polar surface area (TPSA) is 118 Å².